The first kappa shape index (κ1) is 12.9. The van der Waals surface area contributed by atoms with E-state index in [-0.39, 0.29) is 17.9 Å². The molecule has 5 heteroatoms. The van der Waals surface area contributed by atoms with Gasteiger partial charge in [0.2, 0.25) is 11.8 Å². The number of nitrogens with one attached hydrogen (secondary N) is 2. The molecule has 3 rings (SSSR count). The number of likely N-dealkylation sites (tertiary alicyclic amines) is 1. The van der Waals surface area contributed by atoms with Crippen LogP contribution in [0.1, 0.15) is 38.5 Å². The summed E-state index contributed by atoms with van der Waals surface area (Å²) in [5.74, 6) is 0.872. The van der Waals surface area contributed by atoms with Gasteiger partial charge >= 0.3 is 0 Å². The van der Waals surface area contributed by atoms with E-state index in [0.29, 0.717) is 18.9 Å². The summed E-state index contributed by atoms with van der Waals surface area (Å²) in [6.07, 6.45) is 5.95. The highest BCUT2D eigenvalue weighted by atomic mass is 16.2. The van der Waals surface area contributed by atoms with Crippen molar-refractivity contribution in [3.63, 3.8) is 0 Å². The highest BCUT2D eigenvalue weighted by molar-refractivity contribution is 5.90. The molecule has 3 saturated heterocycles. The number of nitrogens with zero attached hydrogens (tertiary/aromatic N) is 1. The third kappa shape index (κ3) is 2.76. The van der Waals surface area contributed by atoms with Crippen LogP contribution in [0.15, 0.2) is 0 Å². The number of amides is 2. The van der Waals surface area contributed by atoms with Crippen LogP contribution >= 0.6 is 0 Å². The van der Waals surface area contributed by atoms with Crippen LogP contribution in [0.5, 0.6) is 0 Å². The second-order valence-electron chi connectivity index (χ2n) is 6.02. The van der Waals surface area contributed by atoms with E-state index in [1.807, 2.05) is 4.90 Å². The molecule has 3 aliphatic heterocycles. The van der Waals surface area contributed by atoms with E-state index in [1.165, 1.54) is 12.8 Å². The lowest BCUT2D eigenvalue weighted by molar-refractivity contribution is -0.135. The van der Waals surface area contributed by atoms with Crippen LogP contribution in [0.4, 0.5) is 0 Å². The lowest BCUT2D eigenvalue weighted by Crippen LogP contribution is -2.49. The fraction of sp³-hybridized carbons (Fsp3) is 0.857. The van der Waals surface area contributed by atoms with Crippen molar-refractivity contribution in [3.8, 4) is 0 Å². The Morgan fingerprint density at radius 3 is 2.53 bits per heavy atom. The van der Waals surface area contributed by atoms with E-state index in [4.69, 9.17) is 0 Å². The SMILES string of the molecule is O=C1CC[C@@H](C(=O)N2CCC(C3CCCN3)CC2)N1. The molecular weight excluding hydrogens is 242 g/mol. The Bertz CT molecular complexity index is 358. The summed E-state index contributed by atoms with van der Waals surface area (Å²) in [4.78, 5) is 25.4. The number of hydrogen-bond acceptors (Lipinski definition) is 3. The number of piperidine rings is 1. The van der Waals surface area contributed by atoms with Gasteiger partial charge in [0, 0.05) is 25.6 Å². The monoisotopic (exact) mass is 265 g/mol. The van der Waals surface area contributed by atoms with Crippen LogP contribution in [0, 0.1) is 5.92 Å². The second-order valence-corrected chi connectivity index (χ2v) is 6.02. The molecule has 5 nitrogen and oxygen atoms in total. The fourth-order valence-corrected chi connectivity index (χ4v) is 3.66. The molecule has 3 fully saturated rings. The zero-order valence-corrected chi connectivity index (χ0v) is 11.4. The summed E-state index contributed by atoms with van der Waals surface area (Å²) in [6, 6.07) is 0.414. The summed E-state index contributed by atoms with van der Waals surface area (Å²) in [5, 5.41) is 6.35. The van der Waals surface area contributed by atoms with Crippen molar-refractivity contribution < 1.29 is 9.59 Å². The van der Waals surface area contributed by atoms with Crippen LogP contribution < -0.4 is 10.6 Å². The van der Waals surface area contributed by atoms with Crippen LogP contribution in [0.25, 0.3) is 0 Å². The minimum atomic E-state index is -0.256. The molecule has 0 aromatic carbocycles. The minimum Gasteiger partial charge on any atom is -0.344 e. The summed E-state index contributed by atoms with van der Waals surface area (Å²) in [7, 11) is 0. The van der Waals surface area contributed by atoms with Crippen LogP contribution in [-0.4, -0.2) is 48.4 Å². The molecule has 0 aliphatic carbocycles. The number of carbonyl (C=O) groups is 2. The largest absolute Gasteiger partial charge is 0.344 e. The highest BCUT2D eigenvalue weighted by Crippen LogP contribution is 2.26. The Morgan fingerprint density at radius 2 is 1.95 bits per heavy atom. The lowest BCUT2D eigenvalue weighted by atomic mass is 9.88. The zero-order chi connectivity index (χ0) is 13.2. The van der Waals surface area contributed by atoms with Gasteiger partial charge in [-0.15, -0.1) is 0 Å². The molecule has 0 spiro atoms. The molecule has 2 N–H and O–H groups in total. The molecule has 0 bridgehead atoms. The lowest BCUT2D eigenvalue weighted by Gasteiger charge is -2.36. The zero-order valence-electron chi connectivity index (χ0n) is 11.4. The second kappa shape index (κ2) is 5.49. The standard InChI is InChI=1S/C14H23N3O2/c18-13-4-3-12(16-13)14(19)17-8-5-10(6-9-17)11-2-1-7-15-11/h10-12,15H,1-9H2,(H,16,18)/t11?,12-/m0/s1. The van der Waals surface area contributed by atoms with E-state index < -0.39 is 0 Å². The highest BCUT2D eigenvalue weighted by Gasteiger charge is 2.34. The first-order valence-corrected chi connectivity index (χ1v) is 7.55. The molecule has 2 amide bonds. The molecule has 0 aromatic rings. The van der Waals surface area contributed by atoms with E-state index in [0.717, 1.165) is 38.4 Å². The van der Waals surface area contributed by atoms with Gasteiger partial charge in [0.15, 0.2) is 0 Å². The molecular formula is C14H23N3O2. The maximum Gasteiger partial charge on any atom is 0.245 e. The predicted octanol–water partition coefficient (Wildman–Crippen LogP) is 0.256. The summed E-state index contributed by atoms with van der Waals surface area (Å²) >= 11 is 0. The van der Waals surface area contributed by atoms with Crippen molar-refractivity contribution in [2.24, 2.45) is 5.92 Å². The van der Waals surface area contributed by atoms with Crippen molar-refractivity contribution in [1.82, 2.24) is 15.5 Å². The fourth-order valence-electron chi connectivity index (χ4n) is 3.66. The summed E-state index contributed by atoms with van der Waals surface area (Å²) < 4.78 is 0. The van der Waals surface area contributed by atoms with Crippen molar-refractivity contribution in [2.75, 3.05) is 19.6 Å². The normalized spacial score (nSPS) is 32.6. The molecule has 1 unspecified atom stereocenters. The predicted molar refractivity (Wildman–Crippen MR) is 71.5 cm³/mol. The average molecular weight is 265 g/mol. The Balaban J connectivity index is 1.49. The van der Waals surface area contributed by atoms with Crippen molar-refractivity contribution >= 4 is 11.8 Å². The third-order valence-electron chi connectivity index (χ3n) is 4.81. The molecule has 0 radical (unpaired) electrons. The van der Waals surface area contributed by atoms with Crippen LogP contribution in [-0.2, 0) is 9.59 Å². The Morgan fingerprint density at radius 1 is 1.16 bits per heavy atom. The maximum absolute atomic E-state index is 12.3. The minimum absolute atomic E-state index is 0.0170. The van der Waals surface area contributed by atoms with Gasteiger partial charge in [0.25, 0.3) is 0 Å². The van der Waals surface area contributed by atoms with Gasteiger partial charge in [0.1, 0.15) is 6.04 Å². The first-order chi connectivity index (χ1) is 9.24. The van der Waals surface area contributed by atoms with Crippen LogP contribution in [0.2, 0.25) is 0 Å². The van der Waals surface area contributed by atoms with Gasteiger partial charge in [-0.1, -0.05) is 0 Å². The Kier molecular flexibility index (Phi) is 3.73. The topological polar surface area (TPSA) is 61.4 Å². The Hall–Kier alpha value is -1.10. The van der Waals surface area contributed by atoms with Gasteiger partial charge in [-0.2, -0.15) is 0 Å². The van der Waals surface area contributed by atoms with Gasteiger partial charge in [-0.3, -0.25) is 9.59 Å². The number of hydrogen-bond donors (Lipinski definition) is 2. The van der Waals surface area contributed by atoms with E-state index in [9.17, 15) is 9.59 Å². The third-order valence-corrected chi connectivity index (χ3v) is 4.81. The summed E-state index contributed by atoms with van der Waals surface area (Å²) in [6.45, 7) is 2.86. The average Bonchev–Trinajstić information content (AvgIpc) is 3.09. The van der Waals surface area contributed by atoms with E-state index in [2.05, 4.69) is 10.6 Å². The number of carbonyl (C=O) groups excluding carboxylic acids is 2. The van der Waals surface area contributed by atoms with Crippen LogP contribution in [0.3, 0.4) is 0 Å². The molecule has 0 saturated carbocycles. The smallest absolute Gasteiger partial charge is 0.245 e. The van der Waals surface area contributed by atoms with Crippen molar-refractivity contribution in [2.45, 2.75) is 50.6 Å². The quantitative estimate of drug-likeness (QED) is 0.752. The maximum atomic E-state index is 12.3. The van der Waals surface area contributed by atoms with Gasteiger partial charge in [-0.25, -0.2) is 0 Å². The molecule has 2 atom stereocenters. The number of rotatable bonds is 2. The summed E-state index contributed by atoms with van der Waals surface area (Å²) in [5.41, 5.74) is 0. The molecule has 0 aromatic heterocycles. The van der Waals surface area contributed by atoms with Gasteiger partial charge in [0.05, 0.1) is 0 Å². The van der Waals surface area contributed by atoms with E-state index >= 15 is 0 Å². The molecule has 19 heavy (non-hydrogen) atoms. The molecule has 3 heterocycles. The van der Waals surface area contributed by atoms with Crippen molar-refractivity contribution in [3.05, 3.63) is 0 Å². The van der Waals surface area contributed by atoms with Gasteiger partial charge < -0.3 is 15.5 Å². The molecule has 3 aliphatic rings. The van der Waals surface area contributed by atoms with E-state index in [1.54, 1.807) is 0 Å². The Labute approximate surface area is 114 Å². The van der Waals surface area contributed by atoms with Crippen molar-refractivity contribution in [1.29, 1.82) is 0 Å². The molecule has 106 valence electrons. The first-order valence-electron chi connectivity index (χ1n) is 7.55. The van der Waals surface area contributed by atoms with Gasteiger partial charge in [-0.05, 0) is 44.6 Å².